The summed E-state index contributed by atoms with van der Waals surface area (Å²) >= 11 is 0. The van der Waals surface area contributed by atoms with Gasteiger partial charge in [0.15, 0.2) is 0 Å². The van der Waals surface area contributed by atoms with Crippen LogP contribution in [0.15, 0.2) is 0 Å². The maximum absolute atomic E-state index is 11.8. The minimum Gasteiger partial charge on any atom is -0.383 e. The summed E-state index contributed by atoms with van der Waals surface area (Å²) in [6.45, 7) is 1.39. The smallest absolute Gasteiger partial charge is 0.221 e. The highest BCUT2D eigenvalue weighted by Crippen LogP contribution is 2.25. The molecule has 0 aromatic carbocycles. The molecule has 2 unspecified atom stereocenters. The van der Waals surface area contributed by atoms with Crippen molar-refractivity contribution in [2.24, 2.45) is 11.7 Å². The van der Waals surface area contributed by atoms with E-state index in [1.165, 1.54) is 0 Å². The number of nitrogens with one attached hydrogen (secondary N) is 2. The predicted octanol–water partition coefficient (Wildman–Crippen LogP) is 0.163. The molecule has 0 bridgehead atoms. The molecule has 6 heteroatoms. The SMILES string of the molecule is COCCNC(=O)CCNC(=O)CC1CCCC(N)C1. The second kappa shape index (κ2) is 9.72. The third-order valence-corrected chi connectivity index (χ3v) is 3.60. The highest BCUT2D eigenvalue weighted by atomic mass is 16.5. The van der Waals surface area contributed by atoms with Crippen molar-refractivity contribution in [2.45, 2.75) is 44.6 Å². The van der Waals surface area contributed by atoms with Crippen molar-refractivity contribution in [3.8, 4) is 0 Å². The molecule has 0 spiro atoms. The Kier molecular flexibility index (Phi) is 8.22. The van der Waals surface area contributed by atoms with Crippen LogP contribution in [0, 0.1) is 5.92 Å². The Morgan fingerprint density at radius 2 is 1.95 bits per heavy atom. The third-order valence-electron chi connectivity index (χ3n) is 3.60. The minimum atomic E-state index is -0.0676. The number of nitrogens with two attached hydrogens (primary N) is 1. The lowest BCUT2D eigenvalue weighted by molar-refractivity contribution is -0.123. The summed E-state index contributed by atoms with van der Waals surface area (Å²) in [7, 11) is 1.59. The van der Waals surface area contributed by atoms with Crippen LogP contribution in [0.1, 0.15) is 38.5 Å². The summed E-state index contributed by atoms with van der Waals surface area (Å²) in [5, 5.41) is 5.51. The Balaban J connectivity index is 2.06. The fraction of sp³-hybridized carbons (Fsp3) is 0.857. The van der Waals surface area contributed by atoms with E-state index in [4.69, 9.17) is 10.5 Å². The molecule has 2 atom stereocenters. The normalized spacial score (nSPS) is 22.3. The van der Waals surface area contributed by atoms with E-state index in [-0.39, 0.29) is 17.9 Å². The summed E-state index contributed by atoms with van der Waals surface area (Å²) in [5.74, 6) is 0.352. The molecule has 0 saturated heterocycles. The molecule has 2 amide bonds. The van der Waals surface area contributed by atoms with Gasteiger partial charge in [0.25, 0.3) is 0 Å². The van der Waals surface area contributed by atoms with E-state index in [1.54, 1.807) is 7.11 Å². The lowest BCUT2D eigenvalue weighted by Gasteiger charge is -2.25. The van der Waals surface area contributed by atoms with Gasteiger partial charge in [-0.25, -0.2) is 0 Å². The quantitative estimate of drug-likeness (QED) is 0.554. The summed E-state index contributed by atoms with van der Waals surface area (Å²) in [4.78, 5) is 23.2. The number of amides is 2. The van der Waals surface area contributed by atoms with E-state index in [0.29, 0.717) is 38.5 Å². The molecule has 1 rings (SSSR count). The Morgan fingerprint density at radius 3 is 2.65 bits per heavy atom. The average Bonchev–Trinajstić information content (AvgIpc) is 2.39. The van der Waals surface area contributed by atoms with Gasteiger partial charge >= 0.3 is 0 Å². The lowest BCUT2D eigenvalue weighted by Crippen LogP contribution is -2.34. The van der Waals surface area contributed by atoms with E-state index in [0.717, 1.165) is 25.7 Å². The third kappa shape index (κ3) is 7.45. The molecule has 20 heavy (non-hydrogen) atoms. The van der Waals surface area contributed by atoms with Crippen LogP contribution in [0.2, 0.25) is 0 Å². The van der Waals surface area contributed by atoms with Gasteiger partial charge in [-0.15, -0.1) is 0 Å². The van der Waals surface area contributed by atoms with Crippen molar-refractivity contribution in [3.63, 3.8) is 0 Å². The summed E-state index contributed by atoms with van der Waals surface area (Å²) < 4.78 is 4.83. The number of carbonyl (C=O) groups is 2. The van der Waals surface area contributed by atoms with Crippen molar-refractivity contribution in [3.05, 3.63) is 0 Å². The fourth-order valence-electron chi connectivity index (χ4n) is 2.55. The first-order valence-electron chi connectivity index (χ1n) is 7.39. The number of rotatable bonds is 8. The van der Waals surface area contributed by atoms with Crippen LogP contribution in [0.3, 0.4) is 0 Å². The molecule has 0 aromatic rings. The van der Waals surface area contributed by atoms with Gasteiger partial charge in [-0.05, 0) is 25.2 Å². The zero-order valence-corrected chi connectivity index (χ0v) is 12.3. The fourth-order valence-corrected chi connectivity index (χ4v) is 2.55. The second-order valence-electron chi connectivity index (χ2n) is 5.44. The number of hydrogen-bond acceptors (Lipinski definition) is 4. The second-order valence-corrected chi connectivity index (χ2v) is 5.44. The Labute approximate surface area is 120 Å². The van der Waals surface area contributed by atoms with Gasteiger partial charge in [-0.3, -0.25) is 9.59 Å². The van der Waals surface area contributed by atoms with Crippen LogP contribution >= 0.6 is 0 Å². The highest BCUT2D eigenvalue weighted by molar-refractivity contribution is 5.79. The number of carbonyl (C=O) groups excluding carboxylic acids is 2. The van der Waals surface area contributed by atoms with Crippen molar-refractivity contribution in [1.29, 1.82) is 0 Å². The maximum Gasteiger partial charge on any atom is 0.221 e. The van der Waals surface area contributed by atoms with Crippen LogP contribution in [-0.2, 0) is 14.3 Å². The van der Waals surface area contributed by atoms with Crippen LogP contribution in [0.4, 0.5) is 0 Å². The van der Waals surface area contributed by atoms with Crippen molar-refractivity contribution >= 4 is 11.8 Å². The molecule has 116 valence electrons. The molecule has 1 aliphatic carbocycles. The Hall–Kier alpha value is -1.14. The molecular weight excluding hydrogens is 258 g/mol. The Bertz CT molecular complexity index is 310. The first-order valence-corrected chi connectivity index (χ1v) is 7.39. The van der Waals surface area contributed by atoms with Gasteiger partial charge < -0.3 is 21.1 Å². The van der Waals surface area contributed by atoms with Gasteiger partial charge in [0.2, 0.25) is 11.8 Å². The standard InChI is InChI=1S/C14H27N3O3/c1-20-8-7-17-13(18)5-6-16-14(19)10-11-3-2-4-12(15)9-11/h11-12H,2-10,15H2,1H3,(H,16,19)(H,17,18). The zero-order valence-electron chi connectivity index (χ0n) is 12.3. The van der Waals surface area contributed by atoms with E-state index >= 15 is 0 Å². The molecule has 6 nitrogen and oxygen atoms in total. The van der Waals surface area contributed by atoms with Crippen molar-refractivity contribution in [1.82, 2.24) is 10.6 Å². The molecule has 1 aliphatic rings. The van der Waals surface area contributed by atoms with Crippen molar-refractivity contribution in [2.75, 3.05) is 26.8 Å². The first kappa shape index (κ1) is 16.9. The van der Waals surface area contributed by atoms with Crippen LogP contribution in [0.5, 0.6) is 0 Å². The molecule has 1 saturated carbocycles. The topological polar surface area (TPSA) is 93.5 Å². The molecule has 0 radical (unpaired) electrons. The van der Waals surface area contributed by atoms with Crippen molar-refractivity contribution < 1.29 is 14.3 Å². The van der Waals surface area contributed by atoms with E-state index in [1.807, 2.05) is 0 Å². The lowest BCUT2D eigenvalue weighted by atomic mass is 9.84. The van der Waals surface area contributed by atoms with Gasteiger partial charge in [-0.2, -0.15) is 0 Å². The van der Waals surface area contributed by atoms with Gasteiger partial charge in [-0.1, -0.05) is 6.42 Å². The van der Waals surface area contributed by atoms with Crippen LogP contribution in [0.25, 0.3) is 0 Å². The van der Waals surface area contributed by atoms with Gasteiger partial charge in [0.05, 0.1) is 6.61 Å². The molecular formula is C14H27N3O3. The maximum atomic E-state index is 11.8. The Morgan fingerprint density at radius 1 is 1.20 bits per heavy atom. The first-order chi connectivity index (χ1) is 9.61. The van der Waals surface area contributed by atoms with E-state index < -0.39 is 0 Å². The molecule has 0 aliphatic heterocycles. The summed E-state index contributed by atoms with van der Waals surface area (Å²) in [5.41, 5.74) is 5.90. The highest BCUT2D eigenvalue weighted by Gasteiger charge is 2.21. The van der Waals surface area contributed by atoms with Gasteiger partial charge in [0, 0.05) is 39.1 Å². The average molecular weight is 285 g/mol. The van der Waals surface area contributed by atoms with Crippen LogP contribution in [-0.4, -0.2) is 44.7 Å². The number of ether oxygens (including phenoxy) is 1. The monoisotopic (exact) mass is 285 g/mol. The van der Waals surface area contributed by atoms with E-state index in [2.05, 4.69) is 10.6 Å². The molecule has 1 fully saturated rings. The van der Waals surface area contributed by atoms with Crippen LogP contribution < -0.4 is 16.4 Å². The van der Waals surface area contributed by atoms with Gasteiger partial charge in [0.1, 0.15) is 0 Å². The number of methoxy groups -OCH3 is 1. The zero-order chi connectivity index (χ0) is 14.8. The molecule has 4 N–H and O–H groups in total. The number of hydrogen-bond donors (Lipinski definition) is 3. The predicted molar refractivity (Wildman–Crippen MR) is 77.1 cm³/mol. The molecule has 0 aromatic heterocycles. The summed E-state index contributed by atoms with van der Waals surface area (Å²) in [6, 6.07) is 0.244. The molecule has 0 heterocycles. The largest absolute Gasteiger partial charge is 0.383 e. The minimum absolute atomic E-state index is 0.0220. The summed E-state index contributed by atoms with van der Waals surface area (Å²) in [6.07, 6.45) is 5.03. The van der Waals surface area contributed by atoms with E-state index in [9.17, 15) is 9.59 Å².